The van der Waals surface area contributed by atoms with Gasteiger partial charge in [-0.25, -0.2) is 17.2 Å². The van der Waals surface area contributed by atoms with Gasteiger partial charge in [0.1, 0.15) is 22.9 Å². The van der Waals surface area contributed by atoms with Gasteiger partial charge in [-0.2, -0.15) is 0 Å². The molecular formula is C24H22F2IN3O4S. The molecule has 3 aromatic carbocycles. The lowest BCUT2D eigenvalue weighted by Gasteiger charge is -2.19. The molecule has 4 N–H and O–H groups in total. The second-order valence-corrected chi connectivity index (χ2v) is 11.3. The molecule has 7 nitrogen and oxygen atoms in total. The van der Waals surface area contributed by atoms with Crippen LogP contribution in [0.3, 0.4) is 0 Å². The maximum atomic E-state index is 14.5. The number of ether oxygens (including phenoxy) is 1. The summed E-state index contributed by atoms with van der Waals surface area (Å²) in [6, 6.07) is 12.5. The third-order valence-electron chi connectivity index (χ3n) is 5.61. The van der Waals surface area contributed by atoms with Crippen LogP contribution in [0.2, 0.25) is 0 Å². The van der Waals surface area contributed by atoms with Crippen LogP contribution in [0.1, 0.15) is 36.0 Å². The molecule has 0 heterocycles. The molecule has 4 rings (SSSR count). The van der Waals surface area contributed by atoms with Crippen LogP contribution < -0.4 is 20.5 Å². The number of nitrogens with two attached hydrogens (primary N) is 1. The molecule has 0 aliphatic heterocycles. The molecule has 0 unspecified atom stereocenters. The van der Waals surface area contributed by atoms with Gasteiger partial charge in [0.15, 0.2) is 5.75 Å². The molecule has 0 aromatic heterocycles. The Balaban J connectivity index is 1.70. The lowest BCUT2D eigenvalue weighted by Crippen LogP contribution is -2.25. The summed E-state index contributed by atoms with van der Waals surface area (Å²) in [5, 5.41) is 2.19. The number of nitrogens with one attached hydrogen (secondary N) is 2. The highest BCUT2D eigenvalue weighted by molar-refractivity contribution is 14.1. The van der Waals surface area contributed by atoms with E-state index in [0.29, 0.717) is 16.4 Å². The van der Waals surface area contributed by atoms with E-state index in [1.807, 2.05) is 22.6 Å². The molecule has 0 bridgehead atoms. The van der Waals surface area contributed by atoms with Crippen LogP contribution in [0.25, 0.3) is 0 Å². The summed E-state index contributed by atoms with van der Waals surface area (Å²) in [6.45, 7) is 0. The molecule has 3 aromatic rings. The number of rotatable bonds is 8. The molecule has 184 valence electrons. The normalized spacial score (nSPS) is 14.0. The first-order valence-corrected chi connectivity index (χ1v) is 13.4. The van der Waals surface area contributed by atoms with Gasteiger partial charge in [-0.3, -0.25) is 9.52 Å². The topological polar surface area (TPSA) is 111 Å². The average molecular weight is 613 g/mol. The summed E-state index contributed by atoms with van der Waals surface area (Å²) in [7, 11) is -3.67. The summed E-state index contributed by atoms with van der Waals surface area (Å²) < 4.78 is 63.5. The van der Waals surface area contributed by atoms with E-state index in [2.05, 4.69) is 10.0 Å². The standard InChI is InChI=1S/C24H22F2IN3O4S/c25-14-11-20(29-18-10-9-15(27)13-17(18)26)23(24(28)31)22(12-14)34-21-8-4-3-7-19(21)30-35(32,33)16-5-1-2-6-16/h3-4,7-13,16,29-30H,1-2,5-6H2,(H2,28,31). The van der Waals surface area contributed by atoms with Crippen LogP contribution in [-0.4, -0.2) is 19.6 Å². The molecular weight excluding hydrogens is 591 g/mol. The van der Waals surface area contributed by atoms with E-state index in [1.54, 1.807) is 18.2 Å². The SMILES string of the molecule is NC(=O)c1c(Nc2ccc(I)cc2F)cc(F)cc1Oc1ccccc1NS(=O)(=O)C1CCCC1. The quantitative estimate of drug-likeness (QED) is 0.275. The Morgan fingerprint density at radius 1 is 0.971 bits per heavy atom. The predicted molar refractivity (Wildman–Crippen MR) is 139 cm³/mol. The van der Waals surface area contributed by atoms with Crippen molar-refractivity contribution in [2.75, 3.05) is 10.0 Å². The Kier molecular flexibility index (Phi) is 7.45. The zero-order valence-electron chi connectivity index (χ0n) is 18.4. The van der Waals surface area contributed by atoms with Crippen molar-refractivity contribution in [2.24, 2.45) is 5.73 Å². The van der Waals surface area contributed by atoms with Gasteiger partial charge in [0.2, 0.25) is 10.0 Å². The summed E-state index contributed by atoms with van der Waals surface area (Å²) >= 11 is 1.95. The Bertz CT molecular complexity index is 1380. The van der Waals surface area contributed by atoms with Crippen molar-refractivity contribution in [3.05, 3.63) is 75.4 Å². The summed E-state index contributed by atoms with van der Waals surface area (Å²) in [5.74, 6) is -2.53. The number of primary amides is 1. The van der Waals surface area contributed by atoms with E-state index >= 15 is 0 Å². The van der Waals surface area contributed by atoms with Crippen molar-refractivity contribution in [2.45, 2.75) is 30.9 Å². The number of para-hydroxylation sites is 2. The van der Waals surface area contributed by atoms with Crippen LogP contribution in [0.5, 0.6) is 11.5 Å². The van der Waals surface area contributed by atoms with Gasteiger partial charge in [-0.15, -0.1) is 0 Å². The van der Waals surface area contributed by atoms with Crippen molar-refractivity contribution in [1.82, 2.24) is 0 Å². The number of halogens is 3. The number of hydrogen-bond acceptors (Lipinski definition) is 5. The summed E-state index contributed by atoms with van der Waals surface area (Å²) in [4.78, 5) is 12.3. The van der Waals surface area contributed by atoms with Gasteiger partial charge in [0.05, 0.1) is 22.3 Å². The van der Waals surface area contributed by atoms with Gasteiger partial charge < -0.3 is 15.8 Å². The number of sulfonamides is 1. The Morgan fingerprint density at radius 3 is 2.37 bits per heavy atom. The molecule has 1 aliphatic carbocycles. The first-order valence-electron chi connectivity index (χ1n) is 10.8. The number of benzene rings is 3. The molecule has 1 aliphatic rings. The fourth-order valence-corrected chi connectivity index (χ4v) is 5.99. The molecule has 1 fully saturated rings. The van der Waals surface area contributed by atoms with E-state index in [-0.39, 0.29) is 34.1 Å². The van der Waals surface area contributed by atoms with E-state index in [1.165, 1.54) is 24.3 Å². The van der Waals surface area contributed by atoms with E-state index in [9.17, 15) is 22.0 Å². The van der Waals surface area contributed by atoms with Crippen molar-refractivity contribution >= 4 is 55.6 Å². The van der Waals surface area contributed by atoms with Crippen molar-refractivity contribution in [3.63, 3.8) is 0 Å². The third-order valence-corrected chi connectivity index (χ3v) is 8.14. The van der Waals surface area contributed by atoms with Gasteiger partial charge in [0.25, 0.3) is 5.91 Å². The fourth-order valence-electron chi connectivity index (χ4n) is 3.94. The minimum Gasteiger partial charge on any atom is -0.454 e. The van der Waals surface area contributed by atoms with E-state index in [4.69, 9.17) is 10.5 Å². The molecule has 0 atom stereocenters. The number of hydrogen-bond donors (Lipinski definition) is 3. The van der Waals surface area contributed by atoms with Crippen molar-refractivity contribution in [3.8, 4) is 11.5 Å². The minimum atomic E-state index is -3.67. The van der Waals surface area contributed by atoms with Gasteiger partial charge >= 0.3 is 0 Å². The second kappa shape index (κ2) is 10.4. The molecule has 35 heavy (non-hydrogen) atoms. The Labute approximate surface area is 215 Å². The highest BCUT2D eigenvalue weighted by Gasteiger charge is 2.29. The third kappa shape index (κ3) is 5.84. The van der Waals surface area contributed by atoms with E-state index in [0.717, 1.165) is 25.0 Å². The monoisotopic (exact) mass is 613 g/mol. The molecule has 1 saturated carbocycles. The number of carbonyl (C=O) groups is 1. The maximum absolute atomic E-state index is 14.5. The predicted octanol–water partition coefficient (Wildman–Crippen LogP) is 5.89. The fraction of sp³-hybridized carbons (Fsp3) is 0.208. The largest absolute Gasteiger partial charge is 0.454 e. The Hall–Kier alpha value is -2.93. The smallest absolute Gasteiger partial charge is 0.254 e. The molecule has 0 radical (unpaired) electrons. The first-order chi connectivity index (χ1) is 16.6. The number of carbonyl (C=O) groups excluding carboxylic acids is 1. The number of amides is 1. The number of anilines is 3. The van der Waals surface area contributed by atoms with Crippen LogP contribution in [-0.2, 0) is 10.0 Å². The first kappa shape index (κ1) is 25.2. The van der Waals surface area contributed by atoms with Gasteiger partial charge in [0, 0.05) is 9.64 Å². The van der Waals surface area contributed by atoms with Crippen molar-refractivity contribution < 1.29 is 26.7 Å². The van der Waals surface area contributed by atoms with Crippen molar-refractivity contribution in [1.29, 1.82) is 0 Å². The zero-order valence-corrected chi connectivity index (χ0v) is 21.3. The average Bonchev–Trinajstić information content (AvgIpc) is 3.32. The molecule has 0 spiro atoms. The van der Waals surface area contributed by atoms with Crippen LogP contribution in [0.15, 0.2) is 54.6 Å². The molecule has 1 amide bonds. The minimum absolute atomic E-state index is 0.00851. The van der Waals surface area contributed by atoms with Gasteiger partial charge in [-0.05, 0) is 71.8 Å². The van der Waals surface area contributed by atoms with Crippen LogP contribution in [0, 0.1) is 15.2 Å². The highest BCUT2D eigenvalue weighted by atomic mass is 127. The lowest BCUT2D eigenvalue weighted by atomic mass is 10.1. The Morgan fingerprint density at radius 2 is 1.69 bits per heavy atom. The molecule has 11 heteroatoms. The maximum Gasteiger partial charge on any atom is 0.254 e. The van der Waals surface area contributed by atoms with Crippen LogP contribution >= 0.6 is 22.6 Å². The summed E-state index contributed by atoms with van der Waals surface area (Å²) in [6.07, 6.45) is 2.81. The highest BCUT2D eigenvalue weighted by Crippen LogP contribution is 2.37. The van der Waals surface area contributed by atoms with E-state index < -0.39 is 32.8 Å². The van der Waals surface area contributed by atoms with Gasteiger partial charge in [-0.1, -0.05) is 25.0 Å². The lowest BCUT2D eigenvalue weighted by molar-refractivity contribution is 0.0999. The second-order valence-electron chi connectivity index (χ2n) is 8.09. The summed E-state index contributed by atoms with van der Waals surface area (Å²) in [5.41, 5.74) is 5.39. The van der Waals surface area contributed by atoms with Crippen LogP contribution in [0.4, 0.5) is 25.8 Å². The molecule has 0 saturated heterocycles. The zero-order chi connectivity index (χ0) is 25.2.